The summed E-state index contributed by atoms with van der Waals surface area (Å²) < 4.78 is 0. The Bertz CT molecular complexity index is 336. The Morgan fingerprint density at radius 2 is 2.10 bits per heavy atom. The molecule has 0 aliphatic carbocycles. The van der Waals surface area contributed by atoms with Crippen molar-refractivity contribution in [1.29, 1.82) is 0 Å². The van der Waals surface area contributed by atoms with Crippen LogP contribution < -0.4 is 10.6 Å². The van der Waals surface area contributed by atoms with Crippen LogP contribution in [0.25, 0.3) is 0 Å². The maximum absolute atomic E-state index is 11.8. The summed E-state index contributed by atoms with van der Waals surface area (Å²) in [5, 5.41) is 14.5. The van der Waals surface area contributed by atoms with E-state index in [-0.39, 0.29) is 11.9 Å². The van der Waals surface area contributed by atoms with Crippen molar-refractivity contribution in [3.63, 3.8) is 0 Å². The van der Waals surface area contributed by atoms with Crippen molar-refractivity contribution in [2.24, 2.45) is 11.8 Å². The van der Waals surface area contributed by atoms with Crippen LogP contribution in [0.1, 0.15) is 33.6 Å². The molecule has 0 aromatic rings. The minimum absolute atomic E-state index is 0.0830. The van der Waals surface area contributed by atoms with Crippen LogP contribution in [0.15, 0.2) is 0 Å². The molecule has 2 amide bonds. The molecule has 0 aromatic heterocycles. The van der Waals surface area contributed by atoms with Gasteiger partial charge < -0.3 is 20.6 Å². The van der Waals surface area contributed by atoms with Crippen LogP contribution in [0.5, 0.6) is 0 Å². The lowest BCUT2D eigenvalue weighted by Crippen LogP contribution is -2.49. The van der Waals surface area contributed by atoms with Crippen molar-refractivity contribution < 1.29 is 14.7 Å². The van der Waals surface area contributed by atoms with E-state index in [2.05, 4.69) is 22.5 Å². The van der Waals surface area contributed by atoms with Gasteiger partial charge in [0.25, 0.3) is 0 Å². The van der Waals surface area contributed by atoms with E-state index in [1.807, 2.05) is 13.8 Å². The van der Waals surface area contributed by atoms with Crippen LogP contribution in [0.3, 0.4) is 0 Å². The number of carbonyl (C=O) groups is 2. The van der Waals surface area contributed by atoms with Crippen LogP contribution >= 0.6 is 0 Å². The topological polar surface area (TPSA) is 81.7 Å². The van der Waals surface area contributed by atoms with E-state index in [0.717, 1.165) is 26.1 Å². The Balaban J connectivity index is 2.33. The molecule has 1 saturated heterocycles. The molecule has 6 heteroatoms. The summed E-state index contributed by atoms with van der Waals surface area (Å²) in [6.07, 6.45) is 1.80. The molecule has 0 saturated carbocycles. The van der Waals surface area contributed by atoms with Gasteiger partial charge in [0.1, 0.15) is 6.04 Å². The number of urea groups is 1. The van der Waals surface area contributed by atoms with Crippen LogP contribution in [-0.2, 0) is 4.79 Å². The van der Waals surface area contributed by atoms with Gasteiger partial charge in [-0.3, -0.25) is 0 Å². The predicted molar refractivity (Wildman–Crippen MR) is 77.6 cm³/mol. The maximum Gasteiger partial charge on any atom is 0.326 e. The Morgan fingerprint density at radius 1 is 1.40 bits per heavy atom. The summed E-state index contributed by atoms with van der Waals surface area (Å²) in [6.45, 7) is 9.60. The number of nitrogens with zero attached hydrogens (tertiary/aromatic N) is 1. The lowest BCUT2D eigenvalue weighted by Gasteiger charge is -2.21. The lowest BCUT2D eigenvalue weighted by molar-refractivity contribution is -0.140. The van der Waals surface area contributed by atoms with Gasteiger partial charge in [-0.2, -0.15) is 0 Å². The SMILES string of the molecule is CC[C@H](C)[C@H](NC(=O)NCC1CCN(CC)C1)C(=O)O. The molecule has 1 fully saturated rings. The first-order chi connectivity index (χ1) is 9.47. The number of hydrogen-bond acceptors (Lipinski definition) is 3. The van der Waals surface area contributed by atoms with Gasteiger partial charge in [0, 0.05) is 13.1 Å². The van der Waals surface area contributed by atoms with E-state index in [0.29, 0.717) is 18.9 Å². The van der Waals surface area contributed by atoms with Gasteiger partial charge in [0.05, 0.1) is 0 Å². The van der Waals surface area contributed by atoms with Gasteiger partial charge >= 0.3 is 12.0 Å². The number of nitrogens with one attached hydrogen (secondary N) is 2. The highest BCUT2D eigenvalue weighted by Crippen LogP contribution is 2.14. The Hall–Kier alpha value is -1.30. The summed E-state index contributed by atoms with van der Waals surface area (Å²) in [4.78, 5) is 25.3. The Labute approximate surface area is 120 Å². The third-order valence-corrected chi connectivity index (χ3v) is 4.13. The summed E-state index contributed by atoms with van der Waals surface area (Å²) in [5.41, 5.74) is 0. The second kappa shape index (κ2) is 8.09. The number of likely N-dealkylation sites (tertiary alicyclic amines) is 1. The number of aliphatic carboxylic acids is 1. The number of rotatable bonds is 7. The highest BCUT2D eigenvalue weighted by atomic mass is 16.4. The zero-order chi connectivity index (χ0) is 15.1. The van der Waals surface area contributed by atoms with Crippen LogP contribution in [-0.4, -0.2) is 54.2 Å². The molecule has 1 aliphatic heterocycles. The molecule has 116 valence electrons. The van der Waals surface area contributed by atoms with Crippen LogP contribution in [0.4, 0.5) is 4.79 Å². The molecule has 1 unspecified atom stereocenters. The van der Waals surface area contributed by atoms with E-state index >= 15 is 0 Å². The highest BCUT2D eigenvalue weighted by molar-refractivity contribution is 5.82. The van der Waals surface area contributed by atoms with Crippen molar-refractivity contribution in [2.45, 2.75) is 39.7 Å². The minimum Gasteiger partial charge on any atom is -0.480 e. The zero-order valence-corrected chi connectivity index (χ0v) is 12.7. The highest BCUT2D eigenvalue weighted by Gasteiger charge is 2.26. The minimum atomic E-state index is -0.979. The molecule has 1 heterocycles. The van der Waals surface area contributed by atoms with Crippen molar-refractivity contribution in [2.75, 3.05) is 26.2 Å². The molecule has 0 bridgehead atoms. The van der Waals surface area contributed by atoms with E-state index < -0.39 is 12.0 Å². The first kappa shape index (κ1) is 16.8. The third-order valence-electron chi connectivity index (χ3n) is 4.13. The number of amides is 2. The summed E-state index contributed by atoms with van der Waals surface area (Å²) in [5.74, 6) is -0.597. The van der Waals surface area contributed by atoms with E-state index in [9.17, 15) is 9.59 Å². The lowest BCUT2D eigenvalue weighted by atomic mass is 9.99. The standard InChI is InChI=1S/C14H27N3O3/c1-4-10(3)12(13(18)19)16-14(20)15-8-11-6-7-17(5-2)9-11/h10-12H,4-9H2,1-3H3,(H,18,19)(H2,15,16,20)/t10-,11?,12-/m0/s1. The molecule has 0 spiro atoms. The molecular formula is C14H27N3O3. The molecule has 3 atom stereocenters. The molecular weight excluding hydrogens is 258 g/mol. The summed E-state index contributed by atoms with van der Waals surface area (Å²) >= 11 is 0. The zero-order valence-electron chi connectivity index (χ0n) is 12.7. The van der Waals surface area contributed by atoms with Gasteiger partial charge in [-0.25, -0.2) is 9.59 Å². The number of hydrogen-bond donors (Lipinski definition) is 3. The normalized spacial score (nSPS) is 22.2. The molecule has 0 radical (unpaired) electrons. The van der Waals surface area contributed by atoms with E-state index in [1.165, 1.54) is 0 Å². The van der Waals surface area contributed by atoms with Crippen molar-refractivity contribution >= 4 is 12.0 Å². The van der Waals surface area contributed by atoms with Crippen molar-refractivity contribution in [3.8, 4) is 0 Å². The quantitative estimate of drug-likeness (QED) is 0.655. The average molecular weight is 285 g/mol. The largest absolute Gasteiger partial charge is 0.480 e. The molecule has 3 N–H and O–H groups in total. The van der Waals surface area contributed by atoms with Crippen molar-refractivity contribution in [1.82, 2.24) is 15.5 Å². The Morgan fingerprint density at radius 3 is 2.60 bits per heavy atom. The second-order valence-electron chi connectivity index (χ2n) is 5.60. The maximum atomic E-state index is 11.8. The second-order valence-corrected chi connectivity index (χ2v) is 5.60. The van der Waals surface area contributed by atoms with Gasteiger partial charge in [-0.15, -0.1) is 0 Å². The molecule has 1 rings (SSSR count). The van der Waals surface area contributed by atoms with E-state index in [4.69, 9.17) is 5.11 Å². The number of carboxylic acids is 1. The monoisotopic (exact) mass is 285 g/mol. The van der Waals surface area contributed by atoms with Crippen LogP contribution in [0, 0.1) is 11.8 Å². The average Bonchev–Trinajstić information content (AvgIpc) is 2.89. The first-order valence-electron chi connectivity index (χ1n) is 7.47. The van der Waals surface area contributed by atoms with E-state index in [1.54, 1.807) is 0 Å². The molecule has 6 nitrogen and oxygen atoms in total. The molecule has 1 aliphatic rings. The third kappa shape index (κ3) is 5.00. The number of carbonyl (C=O) groups excluding carboxylic acids is 1. The summed E-state index contributed by atoms with van der Waals surface area (Å²) in [7, 11) is 0. The predicted octanol–water partition coefficient (Wildman–Crippen LogP) is 1.13. The molecule has 20 heavy (non-hydrogen) atoms. The fourth-order valence-electron chi connectivity index (χ4n) is 2.48. The fraction of sp³-hybridized carbons (Fsp3) is 0.857. The van der Waals surface area contributed by atoms with Gasteiger partial charge in [0.15, 0.2) is 0 Å². The smallest absolute Gasteiger partial charge is 0.326 e. The fourth-order valence-corrected chi connectivity index (χ4v) is 2.48. The van der Waals surface area contributed by atoms with Gasteiger partial charge in [0.2, 0.25) is 0 Å². The summed E-state index contributed by atoms with van der Waals surface area (Å²) in [6, 6.07) is -1.21. The van der Waals surface area contributed by atoms with Crippen LogP contribution in [0.2, 0.25) is 0 Å². The van der Waals surface area contributed by atoms with Crippen molar-refractivity contribution in [3.05, 3.63) is 0 Å². The molecule has 0 aromatic carbocycles. The number of carboxylic acid groups (broad SMARTS) is 1. The van der Waals surface area contributed by atoms with Gasteiger partial charge in [-0.05, 0) is 31.3 Å². The Kier molecular flexibility index (Phi) is 6.78. The van der Waals surface area contributed by atoms with Gasteiger partial charge in [-0.1, -0.05) is 27.2 Å². The first-order valence-corrected chi connectivity index (χ1v) is 7.47.